The molecular formula is C21H24N6O2. The van der Waals surface area contributed by atoms with Gasteiger partial charge in [-0.15, -0.1) is 10.2 Å². The van der Waals surface area contributed by atoms with Gasteiger partial charge in [0.1, 0.15) is 6.33 Å². The lowest BCUT2D eigenvalue weighted by Gasteiger charge is -2.18. The fourth-order valence-corrected chi connectivity index (χ4v) is 2.95. The van der Waals surface area contributed by atoms with E-state index in [1.165, 1.54) is 0 Å². The normalized spacial score (nSPS) is 12.7. The molecule has 0 spiro atoms. The monoisotopic (exact) mass is 392 g/mol. The Bertz CT molecular complexity index is 986. The number of amides is 3. The summed E-state index contributed by atoms with van der Waals surface area (Å²) in [6, 6.07) is 15.6. The average Bonchev–Trinajstić information content (AvgIpc) is 3.14. The summed E-state index contributed by atoms with van der Waals surface area (Å²) in [5.74, 6) is 0.483. The van der Waals surface area contributed by atoms with Crippen molar-refractivity contribution in [1.82, 2.24) is 25.4 Å². The molecule has 0 aliphatic rings. The van der Waals surface area contributed by atoms with E-state index in [4.69, 9.17) is 0 Å². The van der Waals surface area contributed by atoms with Crippen LogP contribution in [0.3, 0.4) is 0 Å². The minimum Gasteiger partial charge on any atom is -0.332 e. The van der Waals surface area contributed by atoms with Crippen molar-refractivity contribution in [1.29, 1.82) is 0 Å². The van der Waals surface area contributed by atoms with Crippen molar-refractivity contribution in [3.63, 3.8) is 0 Å². The third kappa shape index (κ3) is 5.19. The van der Waals surface area contributed by atoms with Gasteiger partial charge in [0.25, 0.3) is 5.91 Å². The van der Waals surface area contributed by atoms with Crippen LogP contribution in [0.1, 0.15) is 47.7 Å². The van der Waals surface area contributed by atoms with Crippen molar-refractivity contribution < 1.29 is 9.59 Å². The molecule has 1 aromatic heterocycles. The summed E-state index contributed by atoms with van der Waals surface area (Å²) >= 11 is 0. The van der Waals surface area contributed by atoms with Crippen LogP contribution >= 0.6 is 0 Å². The van der Waals surface area contributed by atoms with Gasteiger partial charge in [-0.05, 0) is 43.7 Å². The van der Waals surface area contributed by atoms with Gasteiger partial charge in [-0.2, -0.15) is 0 Å². The van der Waals surface area contributed by atoms with Crippen LogP contribution in [-0.2, 0) is 7.05 Å². The summed E-state index contributed by atoms with van der Waals surface area (Å²) in [6.45, 7) is 3.72. The van der Waals surface area contributed by atoms with Gasteiger partial charge in [0.15, 0.2) is 5.82 Å². The molecule has 0 unspecified atom stereocenters. The molecule has 1 heterocycles. The van der Waals surface area contributed by atoms with Crippen molar-refractivity contribution in [2.45, 2.75) is 25.9 Å². The highest BCUT2D eigenvalue weighted by Gasteiger charge is 2.16. The van der Waals surface area contributed by atoms with Gasteiger partial charge in [0.2, 0.25) is 0 Å². The maximum Gasteiger partial charge on any atom is 0.315 e. The number of nitrogens with one attached hydrogen (secondary N) is 3. The smallest absolute Gasteiger partial charge is 0.315 e. The molecule has 0 radical (unpaired) electrons. The summed E-state index contributed by atoms with van der Waals surface area (Å²) in [5.41, 5.74) is 2.12. The zero-order chi connectivity index (χ0) is 20.8. The van der Waals surface area contributed by atoms with E-state index >= 15 is 0 Å². The van der Waals surface area contributed by atoms with Crippen LogP contribution in [0, 0.1) is 0 Å². The van der Waals surface area contributed by atoms with Gasteiger partial charge in [0, 0.05) is 18.3 Å². The summed E-state index contributed by atoms with van der Waals surface area (Å²) in [4.78, 5) is 24.7. The zero-order valence-corrected chi connectivity index (χ0v) is 16.6. The van der Waals surface area contributed by atoms with Gasteiger partial charge in [-0.3, -0.25) is 4.79 Å². The van der Waals surface area contributed by atoms with Gasteiger partial charge < -0.3 is 20.5 Å². The quantitative estimate of drug-likeness (QED) is 0.600. The standard InChI is InChI=1S/C21H24N6O2/c1-14(23-21(29)24-15(2)19-26-22-13-27(19)3)17-10-7-11-18(12-17)25-20(28)16-8-5-4-6-9-16/h4-15H,1-3H3,(H,25,28)(H2,23,24,29)/t14-,15+/m0/s1. The van der Waals surface area contributed by atoms with Crippen LogP contribution < -0.4 is 16.0 Å². The van der Waals surface area contributed by atoms with Crippen LogP contribution in [0.15, 0.2) is 60.9 Å². The van der Waals surface area contributed by atoms with Crippen molar-refractivity contribution in [2.24, 2.45) is 7.05 Å². The Balaban J connectivity index is 1.60. The topological polar surface area (TPSA) is 101 Å². The van der Waals surface area contributed by atoms with Crippen molar-refractivity contribution in [2.75, 3.05) is 5.32 Å². The number of carbonyl (C=O) groups is 2. The molecule has 8 heteroatoms. The molecule has 0 bridgehead atoms. The van der Waals surface area contributed by atoms with E-state index in [0.29, 0.717) is 17.1 Å². The molecule has 3 amide bonds. The Morgan fingerprint density at radius 1 is 0.966 bits per heavy atom. The number of benzene rings is 2. The van der Waals surface area contributed by atoms with Crippen molar-refractivity contribution in [3.8, 4) is 0 Å². The van der Waals surface area contributed by atoms with E-state index in [0.717, 1.165) is 5.56 Å². The molecule has 29 heavy (non-hydrogen) atoms. The number of urea groups is 1. The fraction of sp³-hybridized carbons (Fsp3) is 0.238. The number of hydrogen-bond donors (Lipinski definition) is 3. The molecule has 3 N–H and O–H groups in total. The Labute approximate surface area is 169 Å². The second-order valence-corrected chi connectivity index (χ2v) is 6.81. The molecule has 0 saturated carbocycles. The molecule has 8 nitrogen and oxygen atoms in total. The molecule has 2 aromatic carbocycles. The largest absolute Gasteiger partial charge is 0.332 e. The number of carbonyl (C=O) groups excluding carboxylic acids is 2. The van der Waals surface area contributed by atoms with Crippen molar-refractivity contribution in [3.05, 3.63) is 77.9 Å². The molecule has 3 rings (SSSR count). The van der Waals surface area contributed by atoms with Gasteiger partial charge >= 0.3 is 6.03 Å². The third-order valence-electron chi connectivity index (χ3n) is 4.51. The molecule has 3 aromatic rings. The first-order valence-corrected chi connectivity index (χ1v) is 9.31. The van der Waals surface area contributed by atoms with Crippen molar-refractivity contribution >= 4 is 17.6 Å². The summed E-state index contributed by atoms with van der Waals surface area (Å²) in [5, 5.41) is 16.4. The summed E-state index contributed by atoms with van der Waals surface area (Å²) in [7, 11) is 1.82. The summed E-state index contributed by atoms with van der Waals surface area (Å²) < 4.78 is 1.76. The Morgan fingerprint density at radius 2 is 1.69 bits per heavy atom. The van der Waals surface area contributed by atoms with Gasteiger partial charge in [-0.1, -0.05) is 30.3 Å². The Kier molecular flexibility index (Phi) is 6.23. The van der Waals surface area contributed by atoms with Crippen LogP contribution in [0.4, 0.5) is 10.5 Å². The first-order valence-electron chi connectivity index (χ1n) is 9.31. The maximum absolute atomic E-state index is 12.3. The molecule has 0 saturated heterocycles. The third-order valence-corrected chi connectivity index (χ3v) is 4.51. The lowest BCUT2D eigenvalue weighted by Crippen LogP contribution is -2.39. The van der Waals surface area contributed by atoms with Crippen LogP contribution in [0.25, 0.3) is 0 Å². The number of nitrogens with zero attached hydrogens (tertiary/aromatic N) is 3. The molecule has 150 valence electrons. The molecule has 0 fully saturated rings. The van der Waals surface area contributed by atoms with E-state index in [-0.39, 0.29) is 24.0 Å². The number of hydrogen-bond acceptors (Lipinski definition) is 4. The van der Waals surface area contributed by atoms with Gasteiger partial charge in [0.05, 0.1) is 12.1 Å². The highest BCUT2D eigenvalue weighted by molar-refractivity contribution is 6.04. The van der Waals surface area contributed by atoms with Crippen LogP contribution in [0.5, 0.6) is 0 Å². The Hall–Kier alpha value is -3.68. The van der Waals surface area contributed by atoms with Gasteiger partial charge in [-0.25, -0.2) is 4.79 Å². The maximum atomic E-state index is 12.3. The molecule has 2 atom stereocenters. The molecular weight excluding hydrogens is 368 g/mol. The predicted octanol–water partition coefficient (Wildman–Crippen LogP) is 3.19. The minimum atomic E-state index is -0.313. The zero-order valence-electron chi connectivity index (χ0n) is 16.6. The molecule has 0 aliphatic heterocycles. The average molecular weight is 392 g/mol. The first kappa shape index (κ1) is 20.1. The highest BCUT2D eigenvalue weighted by atomic mass is 16.2. The number of aryl methyl sites for hydroxylation is 1. The second kappa shape index (κ2) is 9.01. The van der Waals surface area contributed by atoms with Crippen LogP contribution in [0.2, 0.25) is 0 Å². The first-order chi connectivity index (χ1) is 13.9. The van der Waals surface area contributed by atoms with Crippen LogP contribution in [-0.4, -0.2) is 26.7 Å². The molecule has 0 aliphatic carbocycles. The van der Waals surface area contributed by atoms with E-state index < -0.39 is 0 Å². The summed E-state index contributed by atoms with van der Waals surface area (Å²) in [6.07, 6.45) is 1.59. The lowest BCUT2D eigenvalue weighted by atomic mass is 10.1. The lowest BCUT2D eigenvalue weighted by molar-refractivity contribution is 0.102. The highest BCUT2D eigenvalue weighted by Crippen LogP contribution is 2.18. The predicted molar refractivity (Wildman–Crippen MR) is 110 cm³/mol. The number of rotatable bonds is 6. The fourth-order valence-electron chi connectivity index (χ4n) is 2.95. The second-order valence-electron chi connectivity index (χ2n) is 6.81. The van der Waals surface area contributed by atoms with E-state index in [1.54, 1.807) is 23.0 Å². The SMILES string of the molecule is C[C@H](NC(=O)N[C@H](C)c1nncn1C)c1cccc(NC(=O)c2ccccc2)c1. The van der Waals surface area contributed by atoms with E-state index in [1.807, 2.05) is 63.4 Å². The minimum absolute atomic E-state index is 0.182. The number of aromatic nitrogens is 3. The number of anilines is 1. The van der Waals surface area contributed by atoms with E-state index in [9.17, 15) is 9.59 Å². The van der Waals surface area contributed by atoms with E-state index in [2.05, 4.69) is 26.1 Å². The Morgan fingerprint density at radius 3 is 2.38 bits per heavy atom.